The van der Waals surface area contributed by atoms with E-state index < -0.39 is 0 Å². The first-order chi connectivity index (χ1) is 26.3. The van der Waals surface area contributed by atoms with E-state index in [4.69, 9.17) is 4.98 Å². The van der Waals surface area contributed by atoms with Gasteiger partial charge in [0.2, 0.25) is 0 Å². The molecule has 9 aromatic carbocycles. The van der Waals surface area contributed by atoms with Gasteiger partial charge in [-0.2, -0.15) is 0 Å². The van der Waals surface area contributed by atoms with Gasteiger partial charge < -0.3 is 4.57 Å². The molecule has 0 bridgehead atoms. The molecule has 0 saturated heterocycles. The largest absolute Gasteiger partial charge is 0.308 e. The maximum atomic E-state index is 4.94. The second-order valence-corrected chi connectivity index (χ2v) is 13.9. The molecule has 2 heteroatoms. The lowest BCUT2D eigenvalue weighted by molar-refractivity contribution is 1.18. The van der Waals surface area contributed by atoms with Gasteiger partial charge in [-0.1, -0.05) is 146 Å². The van der Waals surface area contributed by atoms with Gasteiger partial charge in [0.15, 0.2) is 0 Å². The first-order valence-corrected chi connectivity index (χ1v) is 18.2. The van der Waals surface area contributed by atoms with Gasteiger partial charge in [-0.3, -0.25) is 4.98 Å². The summed E-state index contributed by atoms with van der Waals surface area (Å²) in [5.74, 6) is 0. The van der Waals surface area contributed by atoms with Gasteiger partial charge in [-0.15, -0.1) is 0 Å². The number of hydrogen-bond donors (Lipinski definition) is 0. The fraction of sp³-hybridized carbons (Fsp3) is 0. The molecule has 0 spiro atoms. The maximum Gasteiger partial charge on any atom is 0.0963 e. The molecule has 0 aliphatic rings. The van der Waals surface area contributed by atoms with E-state index >= 15 is 0 Å². The third-order valence-electron chi connectivity index (χ3n) is 11.0. The van der Waals surface area contributed by atoms with Crippen LogP contribution in [0, 0.1) is 0 Å². The van der Waals surface area contributed by atoms with Crippen LogP contribution in [0.3, 0.4) is 0 Å². The number of aromatic nitrogens is 2. The Bertz CT molecular complexity index is 3110. The molecule has 11 aromatic rings. The van der Waals surface area contributed by atoms with Gasteiger partial charge in [0.05, 0.1) is 16.6 Å². The molecule has 0 fully saturated rings. The zero-order chi connectivity index (χ0) is 34.9. The summed E-state index contributed by atoms with van der Waals surface area (Å²) in [6.07, 6.45) is 1.90. The van der Waals surface area contributed by atoms with Crippen LogP contribution < -0.4 is 0 Å². The highest BCUT2D eigenvalue weighted by molar-refractivity contribution is 6.21. The van der Waals surface area contributed by atoms with Crippen molar-refractivity contribution in [1.82, 2.24) is 9.55 Å². The molecule has 11 rings (SSSR count). The van der Waals surface area contributed by atoms with Crippen molar-refractivity contribution in [3.8, 4) is 39.1 Å². The molecular weight excluding hydrogens is 641 g/mol. The van der Waals surface area contributed by atoms with Crippen molar-refractivity contribution in [3.63, 3.8) is 0 Å². The van der Waals surface area contributed by atoms with Gasteiger partial charge in [-0.05, 0) is 119 Å². The molecule has 246 valence electrons. The fourth-order valence-corrected chi connectivity index (χ4v) is 8.75. The summed E-state index contributed by atoms with van der Waals surface area (Å²) in [7, 11) is 0. The van der Waals surface area contributed by atoms with Crippen LogP contribution in [0.2, 0.25) is 0 Å². The monoisotopic (exact) mass is 672 g/mol. The van der Waals surface area contributed by atoms with Gasteiger partial charge in [0, 0.05) is 17.3 Å². The molecule has 0 aliphatic carbocycles. The van der Waals surface area contributed by atoms with Crippen LogP contribution in [-0.2, 0) is 0 Å². The number of fused-ring (bicyclic) bond motifs is 7. The smallest absolute Gasteiger partial charge is 0.0963 e. The normalized spacial score (nSPS) is 11.8. The lowest BCUT2D eigenvalue weighted by atomic mass is 9.86. The zero-order valence-corrected chi connectivity index (χ0v) is 28.9. The van der Waals surface area contributed by atoms with Crippen molar-refractivity contribution in [3.05, 3.63) is 194 Å². The minimum atomic E-state index is 1.00. The number of benzene rings is 9. The van der Waals surface area contributed by atoms with Crippen LogP contribution in [0.25, 0.3) is 104 Å². The van der Waals surface area contributed by atoms with Crippen molar-refractivity contribution in [1.29, 1.82) is 0 Å². The third-order valence-corrected chi connectivity index (χ3v) is 11.0. The predicted octanol–water partition coefficient (Wildman–Crippen LogP) is 13.8. The van der Waals surface area contributed by atoms with Crippen molar-refractivity contribution in [2.75, 3.05) is 0 Å². The SMILES string of the molecule is c1ccc(-c2c3ccccc3c(-c3cccc(-n4c5cc(-c6c7ccccc7cc7ccccc67)ccc5c5ncccc54)c3)c3ccccc23)cc1. The summed E-state index contributed by atoms with van der Waals surface area (Å²) >= 11 is 0. The summed E-state index contributed by atoms with van der Waals surface area (Å²) in [6, 6.07) is 68.5. The maximum absolute atomic E-state index is 4.94. The minimum Gasteiger partial charge on any atom is -0.308 e. The Kier molecular flexibility index (Phi) is 6.59. The Labute approximate surface area is 306 Å². The molecule has 53 heavy (non-hydrogen) atoms. The van der Waals surface area contributed by atoms with Gasteiger partial charge in [0.1, 0.15) is 0 Å². The summed E-state index contributed by atoms with van der Waals surface area (Å²) in [5, 5.41) is 11.1. The topological polar surface area (TPSA) is 17.8 Å². The van der Waals surface area contributed by atoms with Crippen LogP contribution in [0.5, 0.6) is 0 Å². The number of rotatable bonds is 4. The van der Waals surface area contributed by atoms with E-state index in [0.717, 1.165) is 27.6 Å². The Hall–Kier alpha value is -7.03. The molecule has 0 unspecified atom stereocenters. The molecule has 2 heterocycles. The summed E-state index contributed by atoms with van der Waals surface area (Å²) in [5.41, 5.74) is 11.7. The van der Waals surface area contributed by atoms with Crippen molar-refractivity contribution >= 4 is 65.0 Å². The predicted molar refractivity (Wildman–Crippen MR) is 225 cm³/mol. The molecule has 0 aliphatic heterocycles. The standard InChI is InChI=1S/C51H32N2/c1-2-14-33(15-3-1)48-41-22-8-10-24-43(41)50(44-25-11-9-23-42(44)48)36-18-12-19-38(31-36)53-46-26-13-29-52-51(46)45-28-27-37(32-47(45)53)49-39-20-6-4-16-34(39)30-35-17-5-7-21-40(35)49/h1-32H. The molecule has 0 amide bonds. The van der Waals surface area contributed by atoms with E-state index in [1.807, 2.05) is 12.3 Å². The lowest BCUT2D eigenvalue weighted by Gasteiger charge is -2.18. The molecular formula is C51H32N2. The van der Waals surface area contributed by atoms with Crippen LogP contribution in [-0.4, -0.2) is 9.55 Å². The molecule has 0 saturated carbocycles. The minimum absolute atomic E-state index is 1.00. The van der Waals surface area contributed by atoms with Crippen molar-refractivity contribution in [2.45, 2.75) is 0 Å². The highest BCUT2D eigenvalue weighted by Crippen LogP contribution is 2.45. The van der Waals surface area contributed by atoms with Crippen molar-refractivity contribution < 1.29 is 0 Å². The van der Waals surface area contributed by atoms with Gasteiger partial charge >= 0.3 is 0 Å². The molecule has 0 N–H and O–H groups in total. The van der Waals surface area contributed by atoms with Crippen LogP contribution in [0.15, 0.2) is 194 Å². The van der Waals surface area contributed by atoms with E-state index in [9.17, 15) is 0 Å². The van der Waals surface area contributed by atoms with Crippen LogP contribution >= 0.6 is 0 Å². The van der Waals surface area contributed by atoms with E-state index in [2.05, 4.69) is 187 Å². The quantitative estimate of drug-likeness (QED) is 0.170. The first-order valence-electron chi connectivity index (χ1n) is 18.2. The second-order valence-electron chi connectivity index (χ2n) is 13.9. The highest BCUT2D eigenvalue weighted by atomic mass is 15.0. The number of pyridine rings is 1. The molecule has 0 radical (unpaired) electrons. The second kappa shape index (κ2) is 11.8. The summed E-state index contributed by atoms with van der Waals surface area (Å²) < 4.78 is 2.40. The van der Waals surface area contributed by atoms with Crippen molar-refractivity contribution in [2.24, 2.45) is 0 Å². The molecule has 2 nitrogen and oxygen atoms in total. The number of hydrogen-bond acceptors (Lipinski definition) is 1. The highest BCUT2D eigenvalue weighted by Gasteiger charge is 2.19. The van der Waals surface area contributed by atoms with E-state index in [0.29, 0.717) is 0 Å². The number of nitrogens with zero attached hydrogens (tertiary/aromatic N) is 2. The fourth-order valence-electron chi connectivity index (χ4n) is 8.75. The van der Waals surface area contributed by atoms with Gasteiger partial charge in [0.25, 0.3) is 0 Å². The summed E-state index contributed by atoms with van der Waals surface area (Å²) in [4.78, 5) is 4.94. The molecule has 2 aromatic heterocycles. The Morgan fingerprint density at radius 3 is 1.51 bits per heavy atom. The van der Waals surface area contributed by atoms with E-state index in [-0.39, 0.29) is 0 Å². The lowest BCUT2D eigenvalue weighted by Crippen LogP contribution is -1.96. The van der Waals surface area contributed by atoms with Crippen LogP contribution in [0.1, 0.15) is 0 Å². The Morgan fingerprint density at radius 2 is 0.849 bits per heavy atom. The Morgan fingerprint density at radius 1 is 0.321 bits per heavy atom. The van der Waals surface area contributed by atoms with E-state index in [1.54, 1.807) is 0 Å². The molecule has 0 atom stereocenters. The average molecular weight is 673 g/mol. The van der Waals surface area contributed by atoms with E-state index in [1.165, 1.54) is 76.5 Å². The first kappa shape index (κ1) is 29.7. The average Bonchev–Trinajstić information content (AvgIpc) is 3.56. The van der Waals surface area contributed by atoms with Crippen LogP contribution in [0.4, 0.5) is 0 Å². The zero-order valence-electron chi connectivity index (χ0n) is 28.9. The van der Waals surface area contributed by atoms with Gasteiger partial charge in [-0.25, -0.2) is 0 Å². The summed E-state index contributed by atoms with van der Waals surface area (Å²) in [6.45, 7) is 0. The third kappa shape index (κ3) is 4.56. The Balaban J connectivity index is 1.18.